The lowest BCUT2D eigenvalue weighted by molar-refractivity contribution is 0.525. The lowest BCUT2D eigenvalue weighted by Gasteiger charge is -2.17. The standard InChI is InChI=1S/C13H19N3O/c1-4-14-13(11-6-7-17-9-11)12-8-10(3)15-16(12)5-2/h6-9,13-14H,4-5H2,1-3H3. The topological polar surface area (TPSA) is 43.0 Å². The Morgan fingerprint density at radius 2 is 2.29 bits per heavy atom. The summed E-state index contributed by atoms with van der Waals surface area (Å²) >= 11 is 0. The van der Waals surface area contributed by atoms with E-state index < -0.39 is 0 Å². The highest BCUT2D eigenvalue weighted by atomic mass is 16.3. The van der Waals surface area contributed by atoms with Crippen molar-refractivity contribution in [2.24, 2.45) is 0 Å². The largest absolute Gasteiger partial charge is 0.472 e. The van der Waals surface area contributed by atoms with Gasteiger partial charge >= 0.3 is 0 Å². The highest BCUT2D eigenvalue weighted by Gasteiger charge is 2.18. The van der Waals surface area contributed by atoms with Crippen LogP contribution in [-0.4, -0.2) is 16.3 Å². The van der Waals surface area contributed by atoms with Crippen LogP contribution in [0, 0.1) is 6.92 Å². The van der Waals surface area contributed by atoms with Crippen molar-refractivity contribution < 1.29 is 4.42 Å². The zero-order chi connectivity index (χ0) is 12.3. The molecule has 2 aromatic rings. The van der Waals surface area contributed by atoms with Crippen molar-refractivity contribution in [3.63, 3.8) is 0 Å². The van der Waals surface area contributed by atoms with Gasteiger partial charge in [0.15, 0.2) is 0 Å². The molecule has 2 rings (SSSR count). The molecule has 4 nitrogen and oxygen atoms in total. The lowest BCUT2D eigenvalue weighted by Crippen LogP contribution is -2.24. The van der Waals surface area contributed by atoms with Crippen LogP contribution in [0.2, 0.25) is 0 Å². The van der Waals surface area contributed by atoms with Crippen molar-refractivity contribution in [2.45, 2.75) is 33.4 Å². The van der Waals surface area contributed by atoms with Gasteiger partial charge in [-0.05, 0) is 32.5 Å². The fourth-order valence-electron chi connectivity index (χ4n) is 2.09. The van der Waals surface area contributed by atoms with Crippen molar-refractivity contribution in [2.75, 3.05) is 6.54 Å². The second-order valence-electron chi connectivity index (χ2n) is 4.07. The second-order valence-corrected chi connectivity index (χ2v) is 4.07. The number of nitrogens with one attached hydrogen (secondary N) is 1. The maximum absolute atomic E-state index is 5.17. The van der Waals surface area contributed by atoms with Crippen LogP contribution in [0.5, 0.6) is 0 Å². The van der Waals surface area contributed by atoms with E-state index in [1.807, 2.05) is 17.7 Å². The van der Waals surface area contributed by atoms with Crippen LogP contribution in [0.1, 0.15) is 36.8 Å². The average Bonchev–Trinajstić information content (AvgIpc) is 2.94. The fourth-order valence-corrected chi connectivity index (χ4v) is 2.09. The second kappa shape index (κ2) is 5.19. The summed E-state index contributed by atoms with van der Waals surface area (Å²) in [5, 5.41) is 7.96. The normalized spacial score (nSPS) is 12.9. The Morgan fingerprint density at radius 3 is 2.88 bits per heavy atom. The highest BCUT2D eigenvalue weighted by Crippen LogP contribution is 2.23. The van der Waals surface area contributed by atoms with Gasteiger partial charge in [-0.1, -0.05) is 6.92 Å². The minimum absolute atomic E-state index is 0.153. The van der Waals surface area contributed by atoms with Crippen molar-refractivity contribution in [3.8, 4) is 0 Å². The molecule has 4 heteroatoms. The molecule has 0 radical (unpaired) electrons. The van der Waals surface area contributed by atoms with E-state index in [1.165, 1.54) is 5.69 Å². The minimum atomic E-state index is 0.153. The summed E-state index contributed by atoms with van der Waals surface area (Å²) in [5.74, 6) is 0. The van der Waals surface area contributed by atoms with Crippen LogP contribution in [0.15, 0.2) is 29.1 Å². The summed E-state index contributed by atoms with van der Waals surface area (Å²) in [6, 6.07) is 4.28. The maximum atomic E-state index is 5.17. The number of aryl methyl sites for hydroxylation is 2. The fraction of sp³-hybridized carbons (Fsp3) is 0.462. The number of hydrogen-bond donors (Lipinski definition) is 1. The number of furan rings is 1. The first-order valence-electron chi connectivity index (χ1n) is 6.06. The molecule has 92 valence electrons. The Morgan fingerprint density at radius 1 is 1.47 bits per heavy atom. The van der Waals surface area contributed by atoms with Gasteiger partial charge in [-0.25, -0.2) is 0 Å². The Balaban J connectivity index is 2.38. The Bertz CT molecular complexity index is 459. The van der Waals surface area contributed by atoms with E-state index in [0.717, 1.165) is 24.3 Å². The van der Waals surface area contributed by atoms with Crippen LogP contribution in [0.25, 0.3) is 0 Å². The van der Waals surface area contributed by atoms with Crippen molar-refractivity contribution >= 4 is 0 Å². The third-order valence-electron chi connectivity index (χ3n) is 2.81. The third-order valence-corrected chi connectivity index (χ3v) is 2.81. The molecule has 0 aliphatic heterocycles. The van der Waals surface area contributed by atoms with E-state index >= 15 is 0 Å². The first kappa shape index (κ1) is 11.9. The molecule has 0 amide bonds. The van der Waals surface area contributed by atoms with E-state index in [9.17, 15) is 0 Å². The van der Waals surface area contributed by atoms with E-state index in [0.29, 0.717) is 0 Å². The van der Waals surface area contributed by atoms with Crippen molar-refractivity contribution in [1.29, 1.82) is 0 Å². The quantitative estimate of drug-likeness (QED) is 0.862. The van der Waals surface area contributed by atoms with Gasteiger partial charge in [0.05, 0.1) is 30.0 Å². The van der Waals surface area contributed by atoms with Gasteiger partial charge < -0.3 is 9.73 Å². The lowest BCUT2D eigenvalue weighted by atomic mass is 10.1. The highest BCUT2D eigenvalue weighted by molar-refractivity contribution is 5.26. The smallest absolute Gasteiger partial charge is 0.0954 e. The van der Waals surface area contributed by atoms with Gasteiger partial charge in [-0.3, -0.25) is 4.68 Å². The summed E-state index contributed by atoms with van der Waals surface area (Å²) in [4.78, 5) is 0. The van der Waals surface area contributed by atoms with E-state index in [-0.39, 0.29) is 6.04 Å². The summed E-state index contributed by atoms with van der Waals surface area (Å²) in [7, 11) is 0. The number of hydrogen-bond acceptors (Lipinski definition) is 3. The monoisotopic (exact) mass is 233 g/mol. The van der Waals surface area contributed by atoms with Gasteiger partial charge in [0.1, 0.15) is 0 Å². The zero-order valence-corrected chi connectivity index (χ0v) is 10.6. The minimum Gasteiger partial charge on any atom is -0.472 e. The predicted octanol–water partition coefficient (Wildman–Crippen LogP) is 2.50. The Labute approximate surface area is 102 Å². The molecule has 2 heterocycles. The van der Waals surface area contributed by atoms with Crippen LogP contribution in [0.4, 0.5) is 0 Å². The van der Waals surface area contributed by atoms with Crippen LogP contribution < -0.4 is 5.32 Å². The van der Waals surface area contributed by atoms with E-state index in [4.69, 9.17) is 4.42 Å². The van der Waals surface area contributed by atoms with Gasteiger partial charge in [-0.15, -0.1) is 0 Å². The molecule has 0 aliphatic rings. The van der Waals surface area contributed by atoms with E-state index in [2.05, 4.69) is 30.3 Å². The predicted molar refractivity (Wildman–Crippen MR) is 66.9 cm³/mol. The van der Waals surface area contributed by atoms with Crippen LogP contribution in [0.3, 0.4) is 0 Å². The molecular formula is C13H19N3O. The van der Waals surface area contributed by atoms with Gasteiger partial charge in [0, 0.05) is 12.1 Å². The first-order chi connectivity index (χ1) is 8.26. The zero-order valence-electron chi connectivity index (χ0n) is 10.6. The van der Waals surface area contributed by atoms with Gasteiger partial charge in [-0.2, -0.15) is 5.10 Å². The molecule has 0 fully saturated rings. The number of nitrogens with zero attached hydrogens (tertiary/aromatic N) is 2. The number of aromatic nitrogens is 2. The summed E-state index contributed by atoms with van der Waals surface area (Å²) < 4.78 is 7.21. The molecule has 0 bridgehead atoms. The number of rotatable bonds is 5. The van der Waals surface area contributed by atoms with Crippen molar-refractivity contribution in [1.82, 2.24) is 15.1 Å². The Hall–Kier alpha value is -1.55. The molecule has 1 atom stereocenters. The summed E-state index contributed by atoms with van der Waals surface area (Å²) in [5.41, 5.74) is 3.38. The maximum Gasteiger partial charge on any atom is 0.0954 e. The molecule has 1 N–H and O–H groups in total. The molecule has 0 aliphatic carbocycles. The summed E-state index contributed by atoms with van der Waals surface area (Å²) in [6.07, 6.45) is 3.49. The molecule has 17 heavy (non-hydrogen) atoms. The molecular weight excluding hydrogens is 214 g/mol. The molecule has 2 aromatic heterocycles. The Kier molecular flexibility index (Phi) is 3.64. The third kappa shape index (κ3) is 2.42. The average molecular weight is 233 g/mol. The van der Waals surface area contributed by atoms with Gasteiger partial charge in [0.2, 0.25) is 0 Å². The first-order valence-corrected chi connectivity index (χ1v) is 6.06. The summed E-state index contributed by atoms with van der Waals surface area (Å²) in [6.45, 7) is 8.02. The van der Waals surface area contributed by atoms with Crippen molar-refractivity contribution in [3.05, 3.63) is 41.6 Å². The van der Waals surface area contributed by atoms with E-state index in [1.54, 1.807) is 12.5 Å². The molecule has 1 unspecified atom stereocenters. The van der Waals surface area contributed by atoms with Crippen LogP contribution >= 0.6 is 0 Å². The molecule has 0 saturated heterocycles. The molecule has 0 aromatic carbocycles. The molecule has 0 saturated carbocycles. The molecule has 0 spiro atoms. The van der Waals surface area contributed by atoms with Crippen LogP contribution in [-0.2, 0) is 6.54 Å². The SMILES string of the molecule is CCNC(c1ccoc1)c1cc(C)nn1CC. The van der Waals surface area contributed by atoms with Gasteiger partial charge in [0.25, 0.3) is 0 Å².